The van der Waals surface area contributed by atoms with E-state index in [2.05, 4.69) is 27.7 Å². The number of pyridine rings is 1. The number of aryl methyl sites for hydroxylation is 1. The highest BCUT2D eigenvalue weighted by molar-refractivity contribution is 6.79. The summed E-state index contributed by atoms with van der Waals surface area (Å²) < 4.78 is 2.00. The molecular formula is C22H44BN. The number of rotatable bonds is 12. The summed E-state index contributed by atoms with van der Waals surface area (Å²) in [6.07, 6.45) is 21.6. The molecule has 0 saturated heterocycles. The van der Waals surface area contributed by atoms with E-state index < -0.39 is 0 Å². The van der Waals surface area contributed by atoms with Gasteiger partial charge >= 0.3 is 0 Å². The quantitative estimate of drug-likeness (QED) is 0.282. The zero-order chi connectivity index (χ0) is 18.1. The summed E-state index contributed by atoms with van der Waals surface area (Å²) in [5.74, 6) is 0. The summed E-state index contributed by atoms with van der Waals surface area (Å²) in [7, 11) is 2.00. The van der Waals surface area contributed by atoms with Crippen LogP contribution in [0.15, 0.2) is 30.6 Å². The van der Waals surface area contributed by atoms with Gasteiger partial charge in [0.1, 0.15) is 7.05 Å². The van der Waals surface area contributed by atoms with Crippen molar-refractivity contribution in [1.82, 2.24) is 0 Å². The first-order chi connectivity index (χ1) is 11.6. The maximum absolute atomic E-state index is 2.35. The Hall–Kier alpha value is -0.785. The second-order valence-corrected chi connectivity index (χ2v) is 7.84. The largest absolute Gasteiger partial charge is 0.208 e. The van der Waals surface area contributed by atoms with Gasteiger partial charge in [-0.1, -0.05) is 85.1 Å². The van der Waals surface area contributed by atoms with Crippen LogP contribution in [0.25, 0.3) is 0 Å². The topological polar surface area (TPSA) is 3.88 Å². The third-order valence-electron chi connectivity index (χ3n) is 5.54. The van der Waals surface area contributed by atoms with Crippen molar-refractivity contribution in [3.05, 3.63) is 30.6 Å². The highest BCUT2D eigenvalue weighted by Crippen LogP contribution is 2.33. The highest BCUT2D eigenvalue weighted by Gasteiger charge is 2.22. The van der Waals surface area contributed by atoms with Crippen molar-refractivity contribution in [2.45, 2.75) is 104 Å². The lowest BCUT2D eigenvalue weighted by atomic mass is 9.17. The first-order valence-corrected chi connectivity index (χ1v) is 10.8. The fourth-order valence-electron chi connectivity index (χ4n) is 3.90. The molecule has 1 aromatic rings. The minimum absolute atomic E-state index is 0.00722. The van der Waals surface area contributed by atoms with Crippen molar-refractivity contribution in [2.75, 3.05) is 0 Å². The maximum Gasteiger partial charge on any atom is 0.168 e. The van der Waals surface area contributed by atoms with Crippen LogP contribution in [0.4, 0.5) is 0 Å². The van der Waals surface area contributed by atoms with E-state index in [9.17, 15) is 0 Å². The summed E-state index contributed by atoms with van der Waals surface area (Å²) in [5.41, 5.74) is 0. The molecule has 0 amide bonds. The molecule has 0 saturated carbocycles. The van der Waals surface area contributed by atoms with Gasteiger partial charge in [-0.3, -0.25) is 0 Å². The van der Waals surface area contributed by atoms with Crippen molar-refractivity contribution < 1.29 is 4.57 Å². The fraction of sp³-hybridized carbons (Fsp3) is 0.773. The number of hydrogen-bond donors (Lipinski definition) is 0. The van der Waals surface area contributed by atoms with Crippen molar-refractivity contribution in [2.24, 2.45) is 7.05 Å². The number of aromatic nitrogens is 1. The smallest absolute Gasteiger partial charge is 0.168 e. The van der Waals surface area contributed by atoms with Crippen molar-refractivity contribution >= 4 is 6.15 Å². The molecule has 0 radical (unpaired) electrons. The van der Waals surface area contributed by atoms with Crippen molar-refractivity contribution in [1.29, 1.82) is 0 Å². The molecule has 0 aromatic carbocycles. The summed E-state index contributed by atoms with van der Waals surface area (Å²) >= 11 is 0. The summed E-state index contributed by atoms with van der Waals surface area (Å²) in [6, 6.07) is 6.00. The summed E-state index contributed by atoms with van der Waals surface area (Å²) in [5, 5.41) is 0. The zero-order valence-corrected chi connectivity index (χ0v) is 17.4. The lowest BCUT2D eigenvalue weighted by Gasteiger charge is -2.40. The average Bonchev–Trinajstić information content (AvgIpc) is 2.62. The molecular weight excluding hydrogens is 289 g/mol. The Morgan fingerprint density at radius 3 is 1.12 bits per heavy atom. The van der Waals surface area contributed by atoms with Gasteiger partial charge in [0, 0.05) is 18.3 Å². The summed E-state index contributed by atoms with van der Waals surface area (Å²) in [6.45, 7) is 9.39. The van der Waals surface area contributed by atoms with E-state index in [0.29, 0.717) is 0 Å². The molecule has 1 aromatic heterocycles. The van der Waals surface area contributed by atoms with Crippen LogP contribution in [0.1, 0.15) is 79.1 Å². The average molecular weight is 333 g/mol. The third kappa shape index (κ3) is 11.7. The van der Waals surface area contributed by atoms with E-state index in [0.717, 1.165) is 0 Å². The Morgan fingerprint density at radius 2 is 0.917 bits per heavy atom. The zero-order valence-electron chi connectivity index (χ0n) is 17.4. The van der Waals surface area contributed by atoms with E-state index in [-0.39, 0.29) is 6.15 Å². The lowest BCUT2D eigenvalue weighted by Crippen LogP contribution is -2.33. The van der Waals surface area contributed by atoms with Gasteiger partial charge in [-0.05, 0) is 0 Å². The SMILES string of the molecule is CCCC[B-](CCCC)(CCCC)CCCC.C[n+]1ccccc1. The van der Waals surface area contributed by atoms with Gasteiger partial charge in [-0.25, -0.2) is 4.57 Å². The molecule has 0 atom stereocenters. The van der Waals surface area contributed by atoms with Crippen LogP contribution in [-0.4, -0.2) is 6.15 Å². The predicted molar refractivity (Wildman–Crippen MR) is 112 cm³/mol. The van der Waals surface area contributed by atoms with Crippen molar-refractivity contribution in [3.63, 3.8) is 0 Å². The van der Waals surface area contributed by atoms with Gasteiger partial charge in [0.2, 0.25) is 0 Å². The summed E-state index contributed by atoms with van der Waals surface area (Å²) in [4.78, 5) is 0. The van der Waals surface area contributed by atoms with Crippen molar-refractivity contribution in [3.8, 4) is 0 Å². The van der Waals surface area contributed by atoms with Crippen LogP contribution in [0.3, 0.4) is 0 Å². The molecule has 2 heteroatoms. The van der Waals surface area contributed by atoms with Crippen LogP contribution in [0, 0.1) is 0 Å². The Kier molecular flexibility index (Phi) is 15.2. The molecule has 1 rings (SSSR count). The molecule has 0 unspecified atom stereocenters. The molecule has 0 aliphatic heterocycles. The van der Waals surface area contributed by atoms with E-state index in [1.165, 1.54) is 51.4 Å². The fourth-order valence-corrected chi connectivity index (χ4v) is 3.90. The highest BCUT2D eigenvalue weighted by atomic mass is 14.9. The number of hydrogen-bond acceptors (Lipinski definition) is 0. The standard InChI is InChI=1S/C16H36B.C6H8N/c1-5-9-13-17(14-10-6-2,15-11-7-3)16-12-8-4;1-7-5-3-2-4-6-7/h5-16H2,1-4H3;2-6H,1H3/q-1;+1. The van der Waals surface area contributed by atoms with Crippen LogP contribution < -0.4 is 4.57 Å². The number of unbranched alkanes of at least 4 members (excludes halogenated alkanes) is 4. The Bertz CT molecular complexity index is 326. The minimum atomic E-state index is -0.00722. The predicted octanol–water partition coefficient (Wildman–Crippen LogP) is 7.15. The second kappa shape index (κ2) is 15.7. The van der Waals surface area contributed by atoms with E-state index in [4.69, 9.17) is 0 Å². The first kappa shape index (κ1) is 23.2. The minimum Gasteiger partial charge on any atom is -0.208 e. The van der Waals surface area contributed by atoms with E-state index >= 15 is 0 Å². The lowest BCUT2D eigenvalue weighted by molar-refractivity contribution is -0.671. The molecule has 24 heavy (non-hydrogen) atoms. The molecule has 0 spiro atoms. The van der Waals surface area contributed by atoms with Crippen LogP contribution in [0.5, 0.6) is 0 Å². The Labute approximate surface area is 153 Å². The van der Waals surface area contributed by atoms with Crippen LogP contribution in [0.2, 0.25) is 25.3 Å². The molecule has 0 aliphatic rings. The van der Waals surface area contributed by atoms with E-state index in [1.807, 2.05) is 42.2 Å². The molecule has 1 heterocycles. The maximum atomic E-state index is 2.35. The van der Waals surface area contributed by atoms with Crippen LogP contribution in [-0.2, 0) is 7.05 Å². The van der Waals surface area contributed by atoms with Gasteiger partial charge in [-0.2, -0.15) is 25.3 Å². The normalized spacial score (nSPS) is 11.0. The first-order valence-electron chi connectivity index (χ1n) is 10.8. The second-order valence-electron chi connectivity index (χ2n) is 7.84. The van der Waals surface area contributed by atoms with E-state index in [1.54, 1.807) is 25.3 Å². The van der Waals surface area contributed by atoms with Gasteiger partial charge in [0.25, 0.3) is 0 Å². The van der Waals surface area contributed by atoms with Gasteiger partial charge in [0.15, 0.2) is 12.4 Å². The molecule has 0 fully saturated rings. The molecule has 0 N–H and O–H groups in total. The Morgan fingerprint density at radius 1 is 0.583 bits per heavy atom. The molecule has 1 nitrogen and oxygen atoms in total. The van der Waals surface area contributed by atoms with Crippen LogP contribution >= 0.6 is 0 Å². The van der Waals surface area contributed by atoms with Gasteiger partial charge < -0.3 is 0 Å². The molecule has 0 aliphatic carbocycles. The Balaban J connectivity index is 0.000000620. The van der Waals surface area contributed by atoms with Gasteiger partial charge in [-0.15, -0.1) is 0 Å². The van der Waals surface area contributed by atoms with Gasteiger partial charge in [0.05, 0.1) is 0 Å². The molecule has 140 valence electrons. The molecule has 0 bridgehead atoms. The third-order valence-corrected chi connectivity index (χ3v) is 5.54. The monoisotopic (exact) mass is 333 g/mol. The number of nitrogens with zero attached hydrogens (tertiary/aromatic N) is 1.